The van der Waals surface area contributed by atoms with Crippen molar-refractivity contribution in [3.05, 3.63) is 57.3 Å². The monoisotopic (exact) mass is 791 g/mol. The number of nitrogens with zero attached hydrogens (tertiary/aromatic N) is 1. The molecule has 1 aliphatic heterocycles. The lowest BCUT2D eigenvalue weighted by Crippen LogP contribution is -2.53. The van der Waals surface area contributed by atoms with Crippen LogP contribution in [0.5, 0.6) is 0 Å². The zero-order chi connectivity index (χ0) is 41.8. The Bertz CT molecular complexity index is 1640. The quantitative estimate of drug-likeness (QED) is 0.123. The van der Waals surface area contributed by atoms with Gasteiger partial charge in [-0.1, -0.05) is 38.2 Å². The van der Waals surface area contributed by atoms with Gasteiger partial charge in [0.25, 0.3) is 5.91 Å². The number of hydrogen-bond donors (Lipinski definition) is 6. The van der Waals surface area contributed by atoms with Crippen LogP contribution in [0, 0.1) is 11.8 Å². The van der Waals surface area contributed by atoms with Gasteiger partial charge in [-0.2, -0.15) is 0 Å². The number of methoxy groups -OCH3 is 2. The van der Waals surface area contributed by atoms with Gasteiger partial charge in [0, 0.05) is 57.0 Å². The lowest BCUT2D eigenvalue weighted by Gasteiger charge is -2.31. The molecule has 306 valence electrons. The number of fused-ring (bicyclic) bond motifs is 2. The number of ether oxygens (including phenoxy) is 3. The second kappa shape index (κ2) is 21.1. The average molecular weight is 792 g/mol. The first-order valence-corrected chi connectivity index (χ1v) is 18.8. The molecule has 0 aromatic heterocycles. The van der Waals surface area contributed by atoms with Crippen LogP contribution in [0.4, 0.5) is 4.79 Å². The van der Waals surface area contributed by atoms with E-state index in [2.05, 4.69) is 16.0 Å². The van der Waals surface area contributed by atoms with Gasteiger partial charge in [0.15, 0.2) is 6.10 Å². The third kappa shape index (κ3) is 13.2. The van der Waals surface area contributed by atoms with E-state index in [-0.39, 0.29) is 58.5 Å². The van der Waals surface area contributed by atoms with Crippen LogP contribution in [0.25, 0.3) is 0 Å². The second-order valence-electron chi connectivity index (χ2n) is 14.4. The Labute approximate surface area is 327 Å². The summed E-state index contributed by atoms with van der Waals surface area (Å²) in [6, 6.07) is 0. The van der Waals surface area contributed by atoms with Crippen LogP contribution in [0.15, 0.2) is 57.3 Å². The molecule has 2 aliphatic rings. The fourth-order valence-electron chi connectivity index (χ4n) is 6.12. The Morgan fingerprint density at radius 2 is 1.76 bits per heavy atom. The third-order valence-electron chi connectivity index (χ3n) is 9.19. The minimum Gasteiger partial charge on any atom is -0.479 e. The van der Waals surface area contributed by atoms with Crippen molar-refractivity contribution in [3.8, 4) is 0 Å². The predicted molar refractivity (Wildman–Crippen MR) is 207 cm³/mol. The van der Waals surface area contributed by atoms with E-state index in [1.807, 2.05) is 25.9 Å². The van der Waals surface area contributed by atoms with E-state index in [9.17, 15) is 39.0 Å². The second-order valence-corrected chi connectivity index (χ2v) is 15.4. The number of carbonyl (C=O) groups excluding carboxylic acids is 5. The van der Waals surface area contributed by atoms with E-state index in [0.29, 0.717) is 12.1 Å². The normalized spacial score (nSPS) is 25.9. The molecule has 2 rings (SSSR count). The summed E-state index contributed by atoms with van der Waals surface area (Å²) < 4.78 is 16.7. The van der Waals surface area contributed by atoms with Gasteiger partial charge >= 0.3 is 12.1 Å². The Morgan fingerprint density at radius 3 is 2.31 bits per heavy atom. The molecular formula is C38H57N5O11S. The number of rotatable bonds is 12. The number of aliphatic hydroxyl groups excluding tert-OH is 1. The first kappa shape index (κ1) is 46.9. The molecule has 7 atom stereocenters. The van der Waals surface area contributed by atoms with Gasteiger partial charge in [-0.05, 0) is 59.2 Å². The summed E-state index contributed by atoms with van der Waals surface area (Å²) in [5.74, 6) is -5.25. The summed E-state index contributed by atoms with van der Waals surface area (Å²) in [6.07, 6.45) is 1.77. The SMILES string of the molecule is CO[C@H]1C=CC=C(C)C(=O)NC2=C(SC[C@](C)(NC(C)=O)C(=O)O)C(=O)C(NCCN(C)C)=C(C[C@@H](C)C[C@H](OC)[C@H](O)[C@@H](C)C=C(C)[C@@H]1OC(N)=O)C2=O. The largest absolute Gasteiger partial charge is 0.479 e. The lowest BCUT2D eigenvalue weighted by atomic mass is 9.85. The molecule has 0 aromatic carbocycles. The fraction of sp³-hybridized carbons (Fsp3) is 0.579. The van der Waals surface area contributed by atoms with Crippen LogP contribution in [0.2, 0.25) is 0 Å². The Hall–Kier alpha value is -4.29. The minimum absolute atomic E-state index is 0.00406. The number of nitrogens with one attached hydrogen (secondary N) is 3. The highest BCUT2D eigenvalue weighted by Crippen LogP contribution is 2.36. The molecule has 0 aromatic rings. The molecule has 17 heteroatoms. The third-order valence-corrected chi connectivity index (χ3v) is 10.6. The van der Waals surface area contributed by atoms with Crippen molar-refractivity contribution in [2.45, 2.75) is 84.3 Å². The molecule has 1 heterocycles. The molecule has 1 aliphatic carbocycles. The van der Waals surface area contributed by atoms with Gasteiger partial charge in [0.2, 0.25) is 17.5 Å². The predicted octanol–water partition coefficient (Wildman–Crippen LogP) is 1.95. The topological polar surface area (TPSA) is 236 Å². The molecule has 7 N–H and O–H groups in total. The number of primary amides is 1. The number of thioether (sulfide) groups is 1. The molecule has 2 bridgehead atoms. The van der Waals surface area contributed by atoms with E-state index in [1.54, 1.807) is 19.9 Å². The number of carboxylic acids is 1. The molecule has 55 heavy (non-hydrogen) atoms. The molecule has 0 spiro atoms. The van der Waals surface area contributed by atoms with Crippen molar-refractivity contribution in [1.82, 2.24) is 20.9 Å². The van der Waals surface area contributed by atoms with Crippen LogP contribution >= 0.6 is 11.8 Å². The van der Waals surface area contributed by atoms with Gasteiger partial charge in [0.1, 0.15) is 17.3 Å². The smallest absolute Gasteiger partial charge is 0.405 e. The number of likely N-dealkylation sites (N-methyl/N-ethyl adjacent to an activating group) is 1. The maximum absolute atomic E-state index is 14.6. The number of amides is 3. The highest BCUT2D eigenvalue weighted by atomic mass is 32.2. The Kier molecular flexibility index (Phi) is 18.0. The van der Waals surface area contributed by atoms with E-state index in [0.717, 1.165) is 18.7 Å². The average Bonchev–Trinajstić information content (AvgIpc) is 3.09. The van der Waals surface area contributed by atoms with E-state index < -0.39 is 71.3 Å². The molecule has 0 radical (unpaired) electrons. The number of aliphatic carboxylic acids is 1. The number of hydrogen-bond acceptors (Lipinski definition) is 13. The van der Waals surface area contributed by atoms with E-state index in [1.165, 1.54) is 46.3 Å². The fourth-order valence-corrected chi connectivity index (χ4v) is 7.27. The van der Waals surface area contributed by atoms with Crippen LogP contribution in [0.1, 0.15) is 54.4 Å². The number of ketones is 2. The molecule has 0 unspecified atom stereocenters. The van der Waals surface area contributed by atoms with Crippen molar-refractivity contribution in [1.29, 1.82) is 0 Å². The van der Waals surface area contributed by atoms with Crippen molar-refractivity contribution in [2.24, 2.45) is 17.6 Å². The van der Waals surface area contributed by atoms with Crippen molar-refractivity contribution >= 4 is 47.2 Å². The summed E-state index contributed by atoms with van der Waals surface area (Å²) >= 11 is 0.728. The van der Waals surface area contributed by atoms with Crippen LogP contribution < -0.4 is 21.7 Å². The van der Waals surface area contributed by atoms with Crippen molar-refractivity contribution in [3.63, 3.8) is 0 Å². The molecule has 3 amide bonds. The summed E-state index contributed by atoms with van der Waals surface area (Å²) in [7, 11) is 6.54. The van der Waals surface area contributed by atoms with E-state index >= 15 is 0 Å². The minimum atomic E-state index is -1.84. The molecule has 16 nitrogen and oxygen atoms in total. The standard InChI is InChI=1S/C38H57N5O11S/c1-20-16-25-28(40-14-15-43(7)8)32(47)34(55-19-38(6,36(49)50)42-24(5)44)29(31(25)46)41-35(48)21(2)12-11-13-26(52-9)33(54-37(39)51)23(4)18-22(3)30(45)27(17-20)53-10/h11-13,18,20,22,26-27,30,33,40,45H,14-17,19H2,1-10H3,(H2,39,51)(H,41,48)(H,42,44)(H,49,50)/t20-,22+,26+,27+,30-,33+,38+/m1/s1. The van der Waals surface area contributed by atoms with Crippen molar-refractivity contribution < 1.29 is 53.2 Å². The Balaban J connectivity index is 2.85. The maximum atomic E-state index is 14.6. The zero-order valence-electron chi connectivity index (χ0n) is 33.3. The van der Waals surface area contributed by atoms with Gasteiger partial charge < -0.3 is 51.0 Å². The van der Waals surface area contributed by atoms with Gasteiger partial charge in [-0.15, -0.1) is 11.8 Å². The summed E-state index contributed by atoms with van der Waals surface area (Å²) in [6.45, 7) is 10.0. The zero-order valence-corrected chi connectivity index (χ0v) is 34.1. The first-order chi connectivity index (χ1) is 25.7. The van der Waals surface area contributed by atoms with Gasteiger partial charge in [-0.25, -0.2) is 9.59 Å². The molecule has 0 fully saturated rings. The molecular weight excluding hydrogens is 735 g/mol. The van der Waals surface area contributed by atoms with Crippen LogP contribution in [-0.4, -0.2) is 128 Å². The number of allylic oxidation sites excluding steroid dienone is 4. The first-order valence-electron chi connectivity index (χ1n) is 17.8. The number of carbonyl (C=O) groups is 6. The maximum Gasteiger partial charge on any atom is 0.405 e. The number of aliphatic hydroxyl groups is 1. The summed E-state index contributed by atoms with van der Waals surface area (Å²) in [4.78, 5) is 80.5. The summed E-state index contributed by atoms with van der Waals surface area (Å²) in [5.41, 5.74) is 3.97. The summed E-state index contributed by atoms with van der Waals surface area (Å²) in [5, 5.41) is 29.6. The Morgan fingerprint density at radius 1 is 1.11 bits per heavy atom. The van der Waals surface area contributed by atoms with Crippen molar-refractivity contribution in [2.75, 3.05) is 47.2 Å². The molecule has 0 saturated heterocycles. The van der Waals surface area contributed by atoms with Gasteiger partial charge in [-0.3, -0.25) is 19.2 Å². The number of nitrogens with two attached hydrogens (primary N) is 1. The highest BCUT2D eigenvalue weighted by Gasteiger charge is 2.41. The molecule has 0 saturated carbocycles. The van der Waals surface area contributed by atoms with Gasteiger partial charge in [0.05, 0.1) is 22.8 Å². The lowest BCUT2D eigenvalue weighted by molar-refractivity contribution is -0.145. The van der Waals surface area contributed by atoms with Crippen LogP contribution in [0.3, 0.4) is 0 Å². The van der Waals surface area contributed by atoms with E-state index in [4.69, 9.17) is 19.9 Å². The highest BCUT2D eigenvalue weighted by molar-refractivity contribution is 8.04. The number of carboxylic acid groups (broad SMARTS) is 1. The van der Waals surface area contributed by atoms with Crippen LogP contribution in [-0.2, 0) is 38.2 Å². The number of Topliss-reactive ketones (excluding diaryl/α,β-unsaturated/α-hetero) is 2.